The highest BCUT2D eigenvalue weighted by atomic mass is 16.2. The van der Waals surface area contributed by atoms with Gasteiger partial charge in [-0.25, -0.2) is 9.48 Å². The van der Waals surface area contributed by atoms with Crippen molar-refractivity contribution in [3.63, 3.8) is 0 Å². The van der Waals surface area contributed by atoms with Crippen LogP contribution in [-0.4, -0.2) is 26.2 Å². The first-order chi connectivity index (χ1) is 11.3. The normalized spacial score (nSPS) is 15.3. The molecule has 1 aromatic carbocycles. The molecule has 1 aliphatic rings. The Hall–Kier alpha value is -2.44. The van der Waals surface area contributed by atoms with Gasteiger partial charge in [-0.05, 0) is 28.8 Å². The average Bonchev–Trinajstić information content (AvgIpc) is 3.08. The molecule has 1 aromatic heterocycles. The third-order valence-corrected chi connectivity index (χ3v) is 4.18. The van der Waals surface area contributed by atoms with Crippen LogP contribution in [0.5, 0.6) is 0 Å². The van der Waals surface area contributed by atoms with E-state index in [1.165, 1.54) is 19.3 Å². The van der Waals surface area contributed by atoms with Crippen molar-refractivity contribution in [1.82, 2.24) is 30.8 Å². The van der Waals surface area contributed by atoms with E-state index in [9.17, 15) is 4.79 Å². The van der Waals surface area contributed by atoms with Crippen LogP contribution < -0.4 is 10.6 Å². The van der Waals surface area contributed by atoms with Gasteiger partial charge in [0.1, 0.15) is 0 Å². The van der Waals surface area contributed by atoms with Gasteiger partial charge in [0.25, 0.3) is 0 Å². The topological polar surface area (TPSA) is 84.7 Å². The van der Waals surface area contributed by atoms with Crippen LogP contribution in [0.3, 0.4) is 0 Å². The molecule has 0 spiro atoms. The van der Waals surface area contributed by atoms with Gasteiger partial charge < -0.3 is 10.6 Å². The number of hydrogen-bond acceptors (Lipinski definition) is 4. The van der Waals surface area contributed by atoms with Gasteiger partial charge in [-0.15, -0.1) is 5.10 Å². The zero-order valence-corrected chi connectivity index (χ0v) is 13.1. The van der Waals surface area contributed by atoms with Crippen LogP contribution in [0.2, 0.25) is 0 Å². The zero-order chi connectivity index (χ0) is 15.9. The number of carbonyl (C=O) groups is 1. The summed E-state index contributed by atoms with van der Waals surface area (Å²) in [5.41, 5.74) is 1.06. The van der Waals surface area contributed by atoms with Crippen molar-refractivity contribution in [2.24, 2.45) is 0 Å². The van der Waals surface area contributed by atoms with E-state index in [-0.39, 0.29) is 6.03 Å². The largest absolute Gasteiger partial charge is 0.334 e. The van der Waals surface area contributed by atoms with Crippen LogP contribution in [0.25, 0.3) is 0 Å². The Balaban J connectivity index is 1.48. The molecule has 23 heavy (non-hydrogen) atoms. The minimum atomic E-state index is -0.216. The maximum atomic E-state index is 11.9. The quantitative estimate of drug-likeness (QED) is 0.886. The first-order valence-corrected chi connectivity index (χ1v) is 8.15. The predicted molar refractivity (Wildman–Crippen MR) is 85.5 cm³/mol. The molecule has 1 saturated carbocycles. The van der Waals surface area contributed by atoms with Crippen LogP contribution in [0, 0.1) is 0 Å². The van der Waals surface area contributed by atoms with Crippen molar-refractivity contribution in [2.45, 2.75) is 51.2 Å². The molecule has 2 amide bonds. The second-order valence-corrected chi connectivity index (χ2v) is 5.85. The van der Waals surface area contributed by atoms with Crippen molar-refractivity contribution >= 4 is 6.03 Å². The van der Waals surface area contributed by atoms with Gasteiger partial charge in [-0.3, -0.25) is 0 Å². The Morgan fingerprint density at radius 1 is 1.09 bits per heavy atom. The number of amides is 2. The predicted octanol–water partition coefficient (Wildman–Crippen LogP) is 2.18. The summed E-state index contributed by atoms with van der Waals surface area (Å²) >= 11 is 0. The highest BCUT2D eigenvalue weighted by Gasteiger charge is 2.20. The number of nitrogens with one attached hydrogen (secondary N) is 2. The number of benzene rings is 1. The molecule has 1 heterocycles. The third kappa shape index (κ3) is 4.28. The number of tetrazole rings is 1. The molecular weight excluding hydrogens is 292 g/mol. The maximum absolute atomic E-state index is 11.9. The summed E-state index contributed by atoms with van der Waals surface area (Å²) in [6.07, 6.45) is 5.94. The molecule has 7 heteroatoms. The first-order valence-electron chi connectivity index (χ1n) is 8.15. The lowest BCUT2D eigenvalue weighted by molar-refractivity contribution is 0.239. The Kier molecular flexibility index (Phi) is 5.18. The van der Waals surface area contributed by atoms with Crippen LogP contribution in [-0.2, 0) is 13.1 Å². The van der Waals surface area contributed by atoms with E-state index in [1.807, 2.05) is 35.0 Å². The van der Waals surface area contributed by atoms with Gasteiger partial charge in [-0.1, -0.05) is 49.6 Å². The first kappa shape index (κ1) is 15.5. The second kappa shape index (κ2) is 7.71. The van der Waals surface area contributed by atoms with Gasteiger partial charge in [-0.2, -0.15) is 0 Å². The molecular formula is C16H22N6O. The lowest BCUT2D eigenvalue weighted by Crippen LogP contribution is -2.35. The number of aromatic nitrogens is 4. The third-order valence-electron chi connectivity index (χ3n) is 4.18. The fraction of sp³-hybridized carbons (Fsp3) is 0.500. The summed E-state index contributed by atoms with van der Waals surface area (Å²) in [4.78, 5) is 11.9. The van der Waals surface area contributed by atoms with Gasteiger partial charge in [0, 0.05) is 6.54 Å². The molecule has 0 bridgehead atoms. The van der Waals surface area contributed by atoms with E-state index < -0.39 is 0 Å². The summed E-state index contributed by atoms with van der Waals surface area (Å²) in [5, 5.41) is 17.6. The molecule has 3 rings (SSSR count). The summed E-state index contributed by atoms with van der Waals surface area (Å²) in [5.74, 6) is 0.715. The van der Waals surface area contributed by atoms with Crippen molar-refractivity contribution in [3.8, 4) is 0 Å². The fourth-order valence-corrected chi connectivity index (χ4v) is 2.94. The van der Waals surface area contributed by atoms with Crippen molar-refractivity contribution < 1.29 is 4.79 Å². The van der Waals surface area contributed by atoms with Crippen LogP contribution in [0.15, 0.2) is 30.3 Å². The van der Waals surface area contributed by atoms with Crippen LogP contribution in [0.1, 0.15) is 49.5 Å². The van der Waals surface area contributed by atoms with Gasteiger partial charge in [0.05, 0.1) is 12.6 Å². The summed E-state index contributed by atoms with van der Waals surface area (Å²) in [6, 6.07) is 9.96. The Morgan fingerprint density at radius 3 is 2.61 bits per heavy atom. The summed E-state index contributed by atoms with van der Waals surface area (Å²) < 4.78 is 1.87. The number of carbonyl (C=O) groups excluding carboxylic acids is 1. The van der Waals surface area contributed by atoms with E-state index in [0.717, 1.165) is 18.4 Å². The van der Waals surface area contributed by atoms with E-state index in [1.54, 1.807) is 0 Å². The van der Waals surface area contributed by atoms with E-state index in [2.05, 4.69) is 26.2 Å². The minimum Gasteiger partial charge on any atom is -0.334 e. The van der Waals surface area contributed by atoms with Crippen LogP contribution >= 0.6 is 0 Å². The van der Waals surface area contributed by atoms with Crippen molar-refractivity contribution in [2.75, 3.05) is 0 Å². The molecule has 122 valence electrons. The lowest BCUT2D eigenvalue weighted by atomic mass is 9.96. The van der Waals surface area contributed by atoms with E-state index in [4.69, 9.17) is 0 Å². The standard InChI is InChI=1S/C16H22N6O/c23-16(17-11-13-7-3-1-4-8-13)18-12-15-19-20-21-22(15)14-9-5-2-6-10-14/h1,3-4,7-8,14H,2,5-6,9-12H2,(H2,17,18,23). The Bertz CT molecular complexity index is 621. The zero-order valence-electron chi connectivity index (χ0n) is 13.1. The molecule has 7 nitrogen and oxygen atoms in total. The molecule has 0 unspecified atom stereocenters. The number of urea groups is 1. The van der Waals surface area contributed by atoms with Crippen molar-refractivity contribution in [1.29, 1.82) is 0 Å². The monoisotopic (exact) mass is 314 g/mol. The maximum Gasteiger partial charge on any atom is 0.315 e. The van der Waals surface area contributed by atoms with Gasteiger partial charge in [0.15, 0.2) is 5.82 Å². The highest BCUT2D eigenvalue weighted by Crippen LogP contribution is 2.27. The van der Waals surface area contributed by atoms with E-state index >= 15 is 0 Å². The van der Waals surface area contributed by atoms with Gasteiger partial charge in [0.2, 0.25) is 0 Å². The number of nitrogens with zero attached hydrogens (tertiary/aromatic N) is 4. The molecule has 1 aliphatic carbocycles. The molecule has 0 radical (unpaired) electrons. The van der Waals surface area contributed by atoms with Gasteiger partial charge >= 0.3 is 6.03 Å². The van der Waals surface area contributed by atoms with Crippen LogP contribution in [0.4, 0.5) is 4.79 Å². The Morgan fingerprint density at radius 2 is 1.83 bits per heavy atom. The lowest BCUT2D eigenvalue weighted by Gasteiger charge is -2.22. The number of hydrogen-bond donors (Lipinski definition) is 2. The molecule has 0 atom stereocenters. The second-order valence-electron chi connectivity index (χ2n) is 5.85. The average molecular weight is 314 g/mol. The molecule has 2 aromatic rings. The smallest absolute Gasteiger partial charge is 0.315 e. The Labute approximate surface area is 135 Å². The molecule has 1 fully saturated rings. The SMILES string of the molecule is O=C(NCc1ccccc1)NCc1nnnn1C1CCCCC1. The van der Waals surface area contributed by atoms with E-state index in [0.29, 0.717) is 25.0 Å². The number of rotatable bonds is 5. The molecule has 0 aliphatic heterocycles. The highest BCUT2D eigenvalue weighted by molar-refractivity contribution is 5.73. The molecule has 0 saturated heterocycles. The summed E-state index contributed by atoms with van der Waals surface area (Å²) in [7, 11) is 0. The summed E-state index contributed by atoms with van der Waals surface area (Å²) in [6.45, 7) is 0.838. The fourth-order valence-electron chi connectivity index (χ4n) is 2.94. The minimum absolute atomic E-state index is 0.216. The van der Waals surface area contributed by atoms with Crippen molar-refractivity contribution in [3.05, 3.63) is 41.7 Å². The molecule has 2 N–H and O–H groups in total.